The number of nitrogens with one attached hydrogen (secondary N) is 1. The molecule has 1 aliphatic heterocycles. The number of likely N-dealkylation sites (tertiary alicyclic amines) is 1. The Hall–Kier alpha value is -0.620. The Balaban J connectivity index is 2.61. The zero-order chi connectivity index (χ0) is 13.8. The van der Waals surface area contributed by atoms with Crippen molar-refractivity contribution in [3.63, 3.8) is 0 Å². The van der Waals surface area contributed by atoms with E-state index in [2.05, 4.69) is 18.6 Å². The summed E-state index contributed by atoms with van der Waals surface area (Å²) in [5.74, 6) is -0.725. The molecule has 5 nitrogen and oxygen atoms in total. The predicted octanol–water partition coefficient (Wildman–Crippen LogP) is 0.964. The van der Waals surface area contributed by atoms with Gasteiger partial charge in [-0.05, 0) is 31.7 Å². The quantitative estimate of drug-likeness (QED) is 0.832. The fraction of sp³-hybridized carbons (Fsp3) is 0.917. The summed E-state index contributed by atoms with van der Waals surface area (Å²) in [5.41, 5.74) is 0.289. The van der Waals surface area contributed by atoms with Crippen LogP contribution >= 0.6 is 0 Å². The average Bonchev–Trinajstić information content (AvgIpc) is 2.52. The van der Waals surface area contributed by atoms with Crippen LogP contribution in [0.25, 0.3) is 0 Å². The second-order valence-corrected chi connectivity index (χ2v) is 7.29. The van der Waals surface area contributed by atoms with Crippen molar-refractivity contribution in [1.82, 2.24) is 9.62 Å². The van der Waals surface area contributed by atoms with Crippen LogP contribution in [0.4, 0.5) is 0 Å². The molecule has 1 rings (SSSR count). The van der Waals surface area contributed by atoms with E-state index in [9.17, 15) is 13.2 Å². The van der Waals surface area contributed by atoms with E-state index < -0.39 is 15.8 Å². The lowest BCUT2D eigenvalue weighted by molar-refractivity contribution is -0.128. The van der Waals surface area contributed by atoms with Gasteiger partial charge in [0, 0.05) is 13.1 Å². The second-order valence-electron chi connectivity index (χ2n) is 5.36. The maximum absolute atomic E-state index is 11.9. The van der Waals surface area contributed by atoms with Crippen LogP contribution in [0.2, 0.25) is 0 Å². The first-order valence-electron chi connectivity index (χ1n) is 6.51. The summed E-state index contributed by atoms with van der Waals surface area (Å²) in [6.45, 7) is 5.75. The Labute approximate surface area is 110 Å². The molecule has 0 aromatic carbocycles. The third kappa shape index (κ3) is 4.24. The lowest BCUT2D eigenvalue weighted by Crippen LogP contribution is -2.39. The predicted molar refractivity (Wildman–Crippen MR) is 71.7 cm³/mol. The molecule has 0 bridgehead atoms. The zero-order valence-corrected chi connectivity index (χ0v) is 12.3. The average molecular weight is 276 g/mol. The monoisotopic (exact) mass is 276 g/mol. The zero-order valence-electron chi connectivity index (χ0n) is 11.5. The number of carbonyl (C=O) groups is 1. The number of rotatable bonds is 4. The van der Waals surface area contributed by atoms with Gasteiger partial charge in [-0.2, -0.15) is 0 Å². The van der Waals surface area contributed by atoms with Gasteiger partial charge in [0.25, 0.3) is 0 Å². The van der Waals surface area contributed by atoms with Crippen molar-refractivity contribution in [1.29, 1.82) is 0 Å². The summed E-state index contributed by atoms with van der Waals surface area (Å²) in [6, 6.07) is 0. The third-order valence-corrected chi connectivity index (χ3v) is 5.27. The van der Waals surface area contributed by atoms with E-state index in [1.807, 2.05) is 0 Å². The fourth-order valence-electron chi connectivity index (χ4n) is 2.27. The van der Waals surface area contributed by atoms with Gasteiger partial charge < -0.3 is 4.90 Å². The minimum Gasteiger partial charge on any atom is -0.342 e. The minimum atomic E-state index is -3.46. The van der Waals surface area contributed by atoms with Crippen molar-refractivity contribution >= 4 is 15.9 Å². The molecule has 1 heterocycles. The molecule has 0 aliphatic carbocycles. The van der Waals surface area contributed by atoms with Gasteiger partial charge in [0.2, 0.25) is 15.9 Å². The minimum absolute atomic E-state index is 0.287. The van der Waals surface area contributed by atoms with Crippen LogP contribution in [0, 0.1) is 5.41 Å². The molecular weight excluding hydrogens is 252 g/mol. The molecule has 18 heavy (non-hydrogen) atoms. The molecule has 0 saturated carbocycles. The molecule has 0 radical (unpaired) electrons. The highest BCUT2D eigenvalue weighted by Gasteiger charge is 2.29. The highest BCUT2D eigenvalue weighted by molar-refractivity contribution is 7.90. The van der Waals surface area contributed by atoms with Crippen molar-refractivity contribution in [3.05, 3.63) is 0 Å². The first-order valence-corrected chi connectivity index (χ1v) is 8.16. The smallest absolute Gasteiger partial charge is 0.239 e. The Morgan fingerprint density at radius 1 is 1.33 bits per heavy atom. The van der Waals surface area contributed by atoms with Crippen LogP contribution in [-0.2, 0) is 14.8 Å². The van der Waals surface area contributed by atoms with E-state index in [-0.39, 0.29) is 11.3 Å². The molecule has 1 saturated heterocycles. The van der Waals surface area contributed by atoms with Crippen molar-refractivity contribution < 1.29 is 13.2 Å². The van der Waals surface area contributed by atoms with E-state index in [1.165, 1.54) is 7.05 Å². The molecule has 6 heteroatoms. The lowest BCUT2D eigenvalue weighted by atomic mass is 9.80. The van der Waals surface area contributed by atoms with Gasteiger partial charge in [-0.25, -0.2) is 13.1 Å². The topological polar surface area (TPSA) is 66.5 Å². The number of hydrogen-bond donors (Lipinski definition) is 1. The third-order valence-electron chi connectivity index (χ3n) is 4.02. The van der Waals surface area contributed by atoms with Crippen LogP contribution in [0.1, 0.15) is 39.5 Å². The van der Waals surface area contributed by atoms with E-state index in [0.29, 0.717) is 13.1 Å². The summed E-state index contributed by atoms with van der Waals surface area (Å²) >= 11 is 0. The van der Waals surface area contributed by atoms with Gasteiger partial charge in [0.15, 0.2) is 0 Å². The molecule has 0 spiro atoms. The van der Waals surface area contributed by atoms with Crippen LogP contribution in [-0.4, -0.2) is 45.1 Å². The van der Waals surface area contributed by atoms with E-state index in [1.54, 1.807) is 4.90 Å². The van der Waals surface area contributed by atoms with Gasteiger partial charge in [-0.1, -0.05) is 20.3 Å². The molecule has 1 fully saturated rings. The van der Waals surface area contributed by atoms with E-state index in [4.69, 9.17) is 0 Å². The van der Waals surface area contributed by atoms with Gasteiger partial charge in [0.05, 0.1) is 0 Å². The first-order chi connectivity index (χ1) is 8.32. The highest BCUT2D eigenvalue weighted by atomic mass is 32.2. The summed E-state index contributed by atoms with van der Waals surface area (Å²) < 4.78 is 24.9. The highest BCUT2D eigenvalue weighted by Crippen LogP contribution is 2.33. The first kappa shape index (κ1) is 15.4. The van der Waals surface area contributed by atoms with Crippen LogP contribution in [0.3, 0.4) is 0 Å². The molecule has 1 amide bonds. The van der Waals surface area contributed by atoms with Crippen LogP contribution in [0.15, 0.2) is 0 Å². The van der Waals surface area contributed by atoms with E-state index >= 15 is 0 Å². The normalized spacial score (nSPS) is 25.8. The molecule has 0 aromatic rings. The molecular formula is C12H24N2O3S. The Kier molecular flexibility index (Phi) is 5.16. The number of nitrogens with zero attached hydrogens (tertiary/aromatic N) is 1. The fourth-order valence-corrected chi connectivity index (χ4v) is 2.92. The van der Waals surface area contributed by atoms with Gasteiger partial charge in [-0.3, -0.25) is 4.79 Å². The molecule has 1 atom stereocenters. The summed E-state index contributed by atoms with van der Waals surface area (Å²) in [4.78, 5) is 13.6. The van der Waals surface area contributed by atoms with Crippen molar-refractivity contribution in [2.45, 2.75) is 39.5 Å². The van der Waals surface area contributed by atoms with Gasteiger partial charge in [0.1, 0.15) is 5.75 Å². The number of sulfonamides is 1. The summed E-state index contributed by atoms with van der Waals surface area (Å²) in [6.07, 6.45) is 4.11. The standard InChI is InChI=1S/C12H24N2O3S/c1-4-12(2)6-5-8-14(9-7-12)11(15)10-18(16,17)13-3/h13H,4-10H2,1-3H3/t12-/m1/s1. The van der Waals surface area contributed by atoms with Crippen LogP contribution < -0.4 is 4.72 Å². The van der Waals surface area contributed by atoms with Gasteiger partial charge >= 0.3 is 0 Å². The Bertz CT molecular complexity index is 394. The molecule has 0 unspecified atom stereocenters. The van der Waals surface area contributed by atoms with Crippen molar-refractivity contribution in [2.24, 2.45) is 5.41 Å². The van der Waals surface area contributed by atoms with Crippen molar-refractivity contribution in [3.8, 4) is 0 Å². The van der Waals surface area contributed by atoms with Crippen LogP contribution in [0.5, 0.6) is 0 Å². The van der Waals surface area contributed by atoms with E-state index in [0.717, 1.165) is 25.7 Å². The second kappa shape index (κ2) is 6.02. The van der Waals surface area contributed by atoms with Crippen molar-refractivity contribution in [2.75, 3.05) is 25.9 Å². The SMILES string of the molecule is CC[C@]1(C)CCCN(C(=O)CS(=O)(=O)NC)CC1. The molecule has 1 aliphatic rings. The number of hydrogen-bond acceptors (Lipinski definition) is 3. The number of carbonyl (C=O) groups excluding carboxylic acids is 1. The molecule has 1 N–H and O–H groups in total. The Morgan fingerprint density at radius 2 is 2.00 bits per heavy atom. The largest absolute Gasteiger partial charge is 0.342 e. The Morgan fingerprint density at radius 3 is 2.56 bits per heavy atom. The summed E-state index contributed by atoms with van der Waals surface area (Å²) in [7, 11) is -2.12. The summed E-state index contributed by atoms with van der Waals surface area (Å²) in [5, 5.41) is 0. The maximum Gasteiger partial charge on any atom is 0.239 e. The maximum atomic E-state index is 11.9. The number of amides is 1. The molecule has 106 valence electrons. The molecule has 0 aromatic heterocycles. The lowest BCUT2D eigenvalue weighted by Gasteiger charge is -2.26. The van der Waals surface area contributed by atoms with Gasteiger partial charge in [-0.15, -0.1) is 0 Å².